The molecule has 0 bridgehead atoms. The second-order valence-corrected chi connectivity index (χ2v) is 5.03. The first kappa shape index (κ1) is 12.5. The molecule has 0 aromatic carbocycles. The molecule has 0 aliphatic heterocycles. The largest absolute Gasteiger partial charge is 0.384 e. The van der Waals surface area contributed by atoms with Crippen molar-refractivity contribution in [1.82, 2.24) is 10.3 Å². The van der Waals surface area contributed by atoms with Gasteiger partial charge >= 0.3 is 0 Å². The summed E-state index contributed by atoms with van der Waals surface area (Å²) < 4.78 is 0. The first-order valence-corrected chi connectivity index (χ1v) is 5.33. The zero-order chi connectivity index (χ0) is 12.3. The maximum Gasteiger partial charge on any atom is 0.253 e. The Kier molecular flexibility index (Phi) is 3.52. The molecule has 0 fully saturated rings. The molecule has 3 N–H and O–H groups in total. The quantitative estimate of drug-likeness (QED) is 0.800. The van der Waals surface area contributed by atoms with Crippen molar-refractivity contribution in [1.29, 1.82) is 0 Å². The zero-order valence-electron chi connectivity index (χ0n) is 10.2. The van der Waals surface area contributed by atoms with E-state index < -0.39 is 0 Å². The van der Waals surface area contributed by atoms with E-state index in [9.17, 15) is 4.79 Å². The third-order valence-corrected chi connectivity index (χ3v) is 2.70. The number of carbonyl (C=O) groups is 1. The molecule has 88 valence electrons. The van der Waals surface area contributed by atoms with Gasteiger partial charge in [-0.3, -0.25) is 4.79 Å². The summed E-state index contributed by atoms with van der Waals surface area (Å²) in [5.41, 5.74) is 6.03. The van der Waals surface area contributed by atoms with Gasteiger partial charge in [0.15, 0.2) is 0 Å². The fourth-order valence-corrected chi connectivity index (χ4v) is 1.04. The highest BCUT2D eigenvalue weighted by molar-refractivity contribution is 5.94. The molecular formula is C12H19N3O. The lowest BCUT2D eigenvalue weighted by molar-refractivity contribution is 0.0910. The number of nitrogens with zero attached hydrogens (tertiary/aromatic N) is 1. The lowest BCUT2D eigenvalue weighted by Crippen LogP contribution is -2.41. The Bertz CT molecular complexity index is 365. The van der Waals surface area contributed by atoms with E-state index in [1.807, 2.05) is 6.92 Å². The van der Waals surface area contributed by atoms with Gasteiger partial charge in [-0.05, 0) is 24.5 Å². The average Bonchev–Trinajstić information content (AvgIpc) is 2.17. The van der Waals surface area contributed by atoms with Crippen LogP contribution in [0.4, 0.5) is 5.82 Å². The molecule has 1 aromatic rings. The number of nitrogens with one attached hydrogen (secondary N) is 1. The molecule has 1 atom stereocenters. The second-order valence-electron chi connectivity index (χ2n) is 5.03. The highest BCUT2D eigenvalue weighted by Crippen LogP contribution is 2.18. The van der Waals surface area contributed by atoms with Gasteiger partial charge in [0, 0.05) is 12.2 Å². The van der Waals surface area contributed by atoms with Gasteiger partial charge in [0.1, 0.15) is 5.82 Å². The van der Waals surface area contributed by atoms with Crippen LogP contribution in [-0.2, 0) is 0 Å². The molecule has 0 radical (unpaired) electrons. The van der Waals surface area contributed by atoms with Crippen LogP contribution in [0.1, 0.15) is 38.1 Å². The minimum Gasteiger partial charge on any atom is -0.384 e. The molecule has 0 saturated carbocycles. The van der Waals surface area contributed by atoms with Crippen molar-refractivity contribution in [3.05, 3.63) is 23.9 Å². The third kappa shape index (κ3) is 3.22. The van der Waals surface area contributed by atoms with Gasteiger partial charge in [-0.15, -0.1) is 0 Å². The number of aromatic nitrogens is 1. The number of carbonyl (C=O) groups excluding carboxylic acids is 1. The summed E-state index contributed by atoms with van der Waals surface area (Å²) in [6.45, 7) is 8.24. The van der Waals surface area contributed by atoms with E-state index in [1.165, 1.54) is 6.20 Å². The third-order valence-electron chi connectivity index (χ3n) is 2.70. The minimum absolute atomic E-state index is 0.0386. The van der Waals surface area contributed by atoms with Crippen LogP contribution in [0.25, 0.3) is 0 Å². The van der Waals surface area contributed by atoms with Gasteiger partial charge < -0.3 is 11.1 Å². The first-order valence-electron chi connectivity index (χ1n) is 5.33. The van der Waals surface area contributed by atoms with Gasteiger partial charge in [0.25, 0.3) is 5.91 Å². The lowest BCUT2D eigenvalue weighted by Gasteiger charge is -2.28. The molecule has 1 heterocycles. The number of nitrogen functional groups attached to an aromatic ring is 1. The fraction of sp³-hybridized carbons (Fsp3) is 0.500. The first-order chi connectivity index (χ1) is 7.30. The number of nitrogens with two attached hydrogens (primary N) is 1. The summed E-state index contributed by atoms with van der Waals surface area (Å²) >= 11 is 0. The molecule has 4 heteroatoms. The normalized spacial score (nSPS) is 13.2. The Morgan fingerprint density at radius 1 is 1.44 bits per heavy atom. The van der Waals surface area contributed by atoms with E-state index in [1.54, 1.807) is 12.1 Å². The van der Waals surface area contributed by atoms with E-state index in [-0.39, 0.29) is 17.4 Å². The van der Waals surface area contributed by atoms with Crippen LogP contribution in [0.3, 0.4) is 0 Å². The van der Waals surface area contributed by atoms with E-state index in [0.717, 1.165) is 0 Å². The Morgan fingerprint density at radius 3 is 2.50 bits per heavy atom. The number of anilines is 1. The maximum absolute atomic E-state index is 11.8. The molecule has 0 aliphatic rings. The molecule has 0 aliphatic carbocycles. The van der Waals surface area contributed by atoms with Crippen LogP contribution in [-0.4, -0.2) is 16.9 Å². The van der Waals surface area contributed by atoms with Crippen LogP contribution >= 0.6 is 0 Å². The Morgan fingerprint density at radius 2 is 2.06 bits per heavy atom. The summed E-state index contributed by atoms with van der Waals surface area (Å²) in [5, 5.41) is 2.94. The van der Waals surface area contributed by atoms with Gasteiger partial charge in [-0.2, -0.15) is 0 Å². The molecule has 0 saturated heterocycles. The van der Waals surface area contributed by atoms with Crippen molar-refractivity contribution in [2.24, 2.45) is 5.41 Å². The Balaban J connectivity index is 2.70. The highest BCUT2D eigenvalue weighted by Gasteiger charge is 2.22. The summed E-state index contributed by atoms with van der Waals surface area (Å²) in [4.78, 5) is 15.7. The Labute approximate surface area is 96.3 Å². The summed E-state index contributed by atoms with van der Waals surface area (Å²) in [7, 11) is 0. The summed E-state index contributed by atoms with van der Waals surface area (Å²) in [6, 6.07) is 3.39. The molecule has 0 spiro atoms. The lowest BCUT2D eigenvalue weighted by atomic mass is 9.88. The second kappa shape index (κ2) is 4.51. The van der Waals surface area contributed by atoms with E-state index in [0.29, 0.717) is 11.4 Å². The number of hydrogen-bond donors (Lipinski definition) is 2. The zero-order valence-corrected chi connectivity index (χ0v) is 10.2. The Hall–Kier alpha value is -1.58. The van der Waals surface area contributed by atoms with Crippen LogP contribution in [0.15, 0.2) is 18.3 Å². The minimum atomic E-state index is -0.116. The van der Waals surface area contributed by atoms with Crippen molar-refractivity contribution >= 4 is 11.7 Å². The monoisotopic (exact) mass is 221 g/mol. The standard InChI is InChI=1S/C12H19N3O/c1-8(12(2,3)4)15-11(16)9-5-6-10(13)14-7-9/h5-8H,1-4H3,(H2,13,14)(H,15,16). The summed E-state index contributed by atoms with van der Waals surface area (Å²) in [5.74, 6) is 0.301. The van der Waals surface area contributed by atoms with Gasteiger partial charge in [0.2, 0.25) is 0 Å². The molecule has 4 nitrogen and oxygen atoms in total. The van der Waals surface area contributed by atoms with Crippen molar-refractivity contribution < 1.29 is 4.79 Å². The summed E-state index contributed by atoms with van der Waals surface area (Å²) in [6.07, 6.45) is 1.49. The van der Waals surface area contributed by atoms with Crippen molar-refractivity contribution in [2.75, 3.05) is 5.73 Å². The fourth-order valence-electron chi connectivity index (χ4n) is 1.04. The van der Waals surface area contributed by atoms with Gasteiger partial charge in [0.05, 0.1) is 5.56 Å². The van der Waals surface area contributed by atoms with E-state index >= 15 is 0 Å². The molecule has 1 rings (SSSR count). The van der Waals surface area contributed by atoms with Crippen molar-refractivity contribution in [2.45, 2.75) is 33.7 Å². The number of pyridine rings is 1. The van der Waals surface area contributed by atoms with E-state index in [4.69, 9.17) is 5.73 Å². The molecule has 1 unspecified atom stereocenters. The molecule has 16 heavy (non-hydrogen) atoms. The van der Waals surface area contributed by atoms with Crippen LogP contribution in [0.2, 0.25) is 0 Å². The van der Waals surface area contributed by atoms with Crippen molar-refractivity contribution in [3.63, 3.8) is 0 Å². The number of amides is 1. The SMILES string of the molecule is CC(NC(=O)c1ccc(N)nc1)C(C)(C)C. The van der Waals surface area contributed by atoms with Crippen LogP contribution in [0.5, 0.6) is 0 Å². The van der Waals surface area contributed by atoms with Crippen LogP contribution < -0.4 is 11.1 Å². The van der Waals surface area contributed by atoms with Crippen LogP contribution in [0, 0.1) is 5.41 Å². The average molecular weight is 221 g/mol. The van der Waals surface area contributed by atoms with Gasteiger partial charge in [-0.1, -0.05) is 20.8 Å². The number of rotatable bonds is 2. The van der Waals surface area contributed by atoms with E-state index in [2.05, 4.69) is 31.1 Å². The van der Waals surface area contributed by atoms with Crippen molar-refractivity contribution in [3.8, 4) is 0 Å². The molecule has 1 aromatic heterocycles. The topological polar surface area (TPSA) is 68.0 Å². The highest BCUT2D eigenvalue weighted by atomic mass is 16.1. The number of hydrogen-bond acceptors (Lipinski definition) is 3. The maximum atomic E-state index is 11.8. The predicted molar refractivity (Wildman–Crippen MR) is 65.0 cm³/mol. The van der Waals surface area contributed by atoms with Gasteiger partial charge in [-0.25, -0.2) is 4.98 Å². The molecule has 1 amide bonds. The smallest absolute Gasteiger partial charge is 0.253 e. The predicted octanol–water partition coefficient (Wildman–Crippen LogP) is 1.83. The molecular weight excluding hydrogens is 202 g/mol.